The van der Waals surface area contributed by atoms with Crippen molar-refractivity contribution >= 4 is 0 Å². The zero-order chi connectivity index (χ0) is 12.4. The third-order valence-electron chi connectivity index (χ3n) is 4.75. The molecule has 2 unspecified atom stereocenters. The van der Waals surface area contributed by atoms with Gasteiger partial charge in [0.05, 0.1) is 0 Å². The quantitative estimate of drug-likeness (QED) is 0.886. The molecule has 2 aliphatic rings. The Labute approximate surface area is 110 Å². The molecule has 1 saturated heterocycles. The first-order chi connectivity index (χ1) is 8.86. The Morgan fingerprint density at radius 3 is 2.50 bits per heavy atom. The molecular weight excluding hydrogens is 220 g/mol. The third kappa shape index (κ3) is 2.45. The molecule has 0 spiro atoms. The highest BCUT2D eigenvalue weighted by Crippen LogP contribution is 2.37. The highest BCUT2D eigenvalue weighted by Gasteiger charge is 2.34. The number of likely N-dealkylation sites (tertiary alicyclic amines) is 1. The van der Waals surface area contributed by atoms with Gasteiger partial charge in [0.2, 0.25) is 0 Å². The van der Waals surface area contributed by atoms with Crippen molar-refractivity contribution in [2.45, 2.75) is 51.2 Å². The van der Waals surface area contributed by atoms with Crippen molar-refractivity contribution in [3.8, 4) is 0 Å². The van der Waals surface area contributed by atoms with Crippen molar-refractivity contribution in [1.82, 2.24) is 4.90 Å². The molecule has 98 valence electrons. The number of fused-ring (bicyclic) bond motifs is 1. The Morgan fingerprint density at radius 1 is 1.00 bits per heavy atom. The van der Waals surface area contributed by atoms with Crippen LogP contribution in [0.25, 0.3) is 0 Å². The lowest BCUT2D eigenvalue weighted by molar-refractivity contribution is 0.106. The molecule has 2 N–H and O–H groups in total. The Balaban J connectivity index is 1.67. The molecule has 2 heteroatoms. The summed E-state index contributed by atoms with van der Waals surface area (Å²) >= 11 is 0. The van der Waals surface area contributed by atoms with Gasteiger partial charge in [0.15, 0.2) is 0 Å². The fourth-order valence-electron chi connectivity index (χ4n) is 3.77. The summed E-state index contributed by atoms with van der Waals surface area (Å²) in [6.45, 7) is 3.07. The van der Waals surface area contributed by atoms with Crippen molar-refractivity contribution in [2.75, 3.05) is 6.54 Å². The summed E-state index contributed by atoms with van der Waals surface area (Å²) in [6.07, 6.45) is 7.19. The first-order valence-corrected chi connectivity index (χ1v) is 7.39. The molecule has 3 rings (SSSR count). The van der Waals surface area contributed by atoms with Crippen LogP contribution < -0.4 is 5.73 Å². The first kappa shape index (κ1) is 12.2. The van der Waals surface area contributed by atoms with E-state index in [-0.39, 0.29) is 0 Å². The van der Waals surface area contributed by atoms with Gasteiger partial charge >= 0.3 is 0 Å². The van der Waals surface area contributed by atoms with Crippen molar-refractivity contribution in [3.63, 3.8) is 0 Å². The molecule has 0 radical (unpaired) electrons. The summed E-state index contributed by atoms with van der Waals surface area (Å²) in [5.74, 6) is 0.988. The zero-order valence-corrected chi connectivity index (χ0v) is 11.1. The van der Waals surface area contributed by atoms with Gasteiger partial charge in [-0.1, -0.05) is 30.7 Å². The van der Waals surface area contributed by atoms with Crippen LogP contribution in [-0.2, 0) is 13.1 Å². The maximum Gasteiger partial charge on any atom is 0.0236 e. The molecule has 0 aromatic heterocycles. The van der Waals surface area contributed by atoms with E-state index in [9.17, 15) is 0 Å². The fraction of sp³-hybridized carbons (Fsp3) is 0.625. The monoisotopic (exact) mass is 244 g/mol. The molecule has 2 atom stereocenters. The second kappa shape index (κ2) is 5.41. The standard InChI is InChI=1S/C16H24N2/c17-11-13-6-8-14(9-7-13)12-18-10-2-4-15-3-1-5-16(15)18/h6-9,15-16H,1-5,10-12,17H2. The van der Waals surface area contributed by atoms with Crippen LogP contribution >= 0.6 is 0 Å². The maximum absolute atomic E-state index is 5.64. The van der Waals surface area contributed by atoms with Crippen LogP contribution in [0.15, 0.2) is 24.3 Å². The van der Waals surface area contributed by atoms with Gasteiger partial charge in [-0.25, -0.2) is 0 Å². The zero-order valence-electron chi connectivity index (χ0n) is 11.1. The van der Waals surface area contributed by atoms with Crippen LogP contribution in [0.1, 0.15) is 43.2 Å². The fourth-order valence-corrected chi connectivity index (χ4v) is 3.77. The van der Waals surface area contributed by atoms with Crippen LogP contribution in [0.4, 0.5) is 0 Å². The summed E-state index contributed by atoms with van der Waals surface area (Å²) in [5.41, 5.74) is 8.32. The summed E-state index contributed by atoms with van der Waals surface area (Å²) in [7, 11) is 0. The topological polar surface area (TPSA) is 29.3 Å². The molecule has 1 heterocycles. The van der Waals surface area contributed by atoms with Crippen LogP contribution in [0.5, 0.6) is 0 Å². The van der Waals surface area contributed by atoms with Gasteiger partial charge in [0.1, 0.15) is 0 Å². The van der Waals surface area contributed by atoms with E-state index in [2.05, 4.69) is 29.2 Å². The van der Waals surface area contributed by atoms with E-state index in [4.69, 9.17) is 5.73 Å². The largest absolute Gasteiger partial charge is 0.326 e. The SMILES string of the molecule is NCc1ccc(CN2CCCC3CCCC32)cc1. The molecule has 1 aromatic rings. The lowest BCUT2D eigenvalue weighted by Gasteiger charge is -2.37. The second-order valence-electron chi connectivity index (χ2n) is 5.89. The van der Waals surface area contributed by atoms with Gasteiger partial charge in [-0.2, -0.15) is 0 Å². The smallest absolute Gasteiger partial charge is 0.0236 e. The molecule has 18 heavy (non-hydrogen) atoms. The van der Waals surface area contributed by atoms with Crippen molar-refractivity contribution in [1.29, 1.82) is 0 Å². The van der Waals surface area contributed by atoms with Crippen molar-refractivity contribution in [2.24, 2.45) is 11.7 Å². The van der Waals surface area contributed by atoms with E-state index in [0.717, 1.165) is 18.5 Å². The van der Waals surface area contributed by atoms with Gasteiger partial charge in [-0.05, 0) is 49.3 Å². The number of piperidine rings is 1. The molecule has 1 saturated carbocycles. The molecule has 1 aliphatic heterocycles. The predicted molar refractivity (Wildman–Crippen MR) is 75.1 cm³/mol. The number of hydrogen-bond donors (Lipinski definition) is 1. The van der Waals surface area contributed by atoms with Gasteiger partial charge in [-0.3, -0.25) is 4.90 Å². The highest BCUT2D eigenvalue weighted by atomic mass is 15.2. The molecule has 0 amide bonds. The summed E-state index contributed by atoms with van der Waals surface area (Å²) in [5, 5.41) is 0. The molecule has 2 fully saturated rings. The van der Waals surface area contributed by atoms with Gasteiger partial charge < -0.3 is 5.73 Å². The van der Waals surface area contributed by atoms with E-state index < -0.39 is 0 Å². The lowest BCUT2D eigenvalue weighted by Crippen LogP contribution is -2.41. The summed E-state index contributed by atoms with van der Waals surface area (Å²) in [4.78, 5) is 2.72. The maximum atomic E-state index is 5.64. The Bertz CT molecular complexity index is 385. The molecule has 0 bridgehead atoms. The molecular formula is C16H24N2. The summed E-state index contributed by atoms with van der Waals surface area (Å²) in [6, 6.07) is 9.71. The first-order valence-electron chi connectivity index (χ1n) is 7.39. The third-order valence-corrected chi connectivity index (χ3v) is 4.75. The number of hydrogen-bond acceptors (Lipinski definition) is 2. The lowest BCUT2D eigenvalue weighted by atomic mass is 9.91. The molecule has 1 aromatic carbocycles. The normalized spacial score (nSPS) is 28.3. The van der Waals surface area contributed by atoms with Gasteiger partial charge in [0, 0.05) is 19.1 Å². The van der Waals surface area contributed by atoms with Crippen LogP contribution in [-0.4, -0.2) is 17.5 Å². The van der Waals surface area contributed by atoms with E-state index in [1.54, 1.807) is 0 Å². The van der Waals surface area contributed by atoms with E-state index in [0.29, 0.717) is 6.54 Å². The van der Waals surface area contributed by atoms with E-state index in [1.165, 1.54) is 49.8 Å². The van der Waals surface area contributed by atoms with Crippen LogP contribution in [0.2, 0.25) is 0 Å². The van der Waals surface area contributed by atoms with Gasteiger partial charge in [0.25, 0.3) is 0 Å². The summed E-state index contributed by atoms with van der Waals surface area (Å²) < 4.78 is 0. The minimum absolute atomic E-state index is 0.648. The average Bonchev–Trinajstić information content (AvgIpc) is 2.89. The average molecular weight is 244 g/mol. The highest BCUT2D eigenvalue weighted by molar-refractivity contribution is 5.22. The Kier molecular flexibility index (Phi) is 3.67. The van der Waals surface area contributed by atoms with Gasteiger partial charge in [-0.15, -0.1) is 0 Å². The second-order valence-corrected chi connectivity index (χ2v) is 5.89. The number of rotatable bonds is 3. The number of nitrogens with two attached hydrogens (primary N) is 1. The van der Waals surface area contributed by atoms with Crippen molar-refractivity contribution < 1.29 is 0 Å². The number of benzene rings is 1. The van der Waals surface area contributed by atoms with Crippen LogP contribution in [0.3, 0.4) is 0 Å². The minimum Gasteiger partial charge on any atom is -0.326 e. The number of nitrogens with zero attached hydrogens (tertiary/aromatic N) is 1. The Hall–Kier alpha value is -0.860. The molecule has 2 nitrogen and oxygen atoms in total. The van der Waals surface area contributed by atoms with Crippen molar-refractivity contribution in [3.05, 3.63) is 35.4 Å². The van der Waals surface area contributed by atoms with E-state index in [1.807, 2.05) is 0 Å². The molecule has 1 aliphatic carbocycles. The Morgan fingerprint density at radius 2 is 1.72 bits per heavy atom. The van der Waals surface area contributed by atoms with E-state index >= 15 is 0 Å². The predicted octanol–water partition coefficient (Wildman–Crippen LogP) is 2.91. The minimum atomic E-state index is 0.648. The van der Waals surface area contributed by atoms with Crippen LogP contribution in [0, 0.1) is 5.92 Å².